The lowest BCUT2D eigenvalue weighted by molar-refractivity contribution is 1.61. The number of rotatable bonds is 0. The third-order valence-electron chi connectivity index (χ3n) is 2.62. The molecule has 0 nitrogen and oxygen atoms in total. The monoisotopic (exact) mass is 196 g/mol. The Bertz CT molecular complexity index is 516. The molecule has 2 aliphatic carbocycles. The molecule has 0 amide bonds. The molecule has 0 spiro atoms. The van der Waals surface area contributed by atoms with Gasteiger partial charge in [0, 0.05) is 10.4 Å². The molecular formula is C13H8S. The van der Waals surface area contributed by atoms with Crippen LogP contribution in [0.2, 0.25) is 0 Å². The highest BCUT2D eigenvalue weighted by molar-refractivity contribution is 7.81. The van der Waals surface area contributed by atoms with Gasteiger partial charge in [0.15, 0.2) is 0 Å². The Labute approximate surface area is 88.3 Å². The molecule has 0 saturated carbocycles. The Balaban J connectivity index is 2.29. The second kappa shape index (κ2) is 2.76. The van der Waals surface area contributed by atoms with E-state index in [0.29, 0.717) is 0 Å². The Morgan fingerprint density at radius 3 is 2.79 bits per heavy atom. The molecule has 3 rings (SSSR count). The van der Waals surface area contributed by atoms with Gasteiger partial charge in [0.05, 0.1) is 0 Å². The summed E-state index contributed by atoms with van der Waals surface area (Å²) in [4.78, 5) is 0.943. The van der Waals surface area contributed by atoms with Crippen molar-refractivity contribution in [1.29, 1.82) is 0 Å². The third kappa shape index (κ3) is 0.962. The molecular weight excluding hydrogens is 188 g/mol. The summed E-state index contributed by atoms with van der Waals surface area (Å²) in [6, 6.07) is 8.40. The molecule has 0 bridgehead atoms. The first-order valence-electron chi connectivity index (χ1n) is 4.60. The SMILES string of the molecule is S=C1C=CC=C2C1=Cc1ccccc12. The molecule has 0 atom stereocenters. The van der Waals surface area contributed by atoms with Gasteiger partial charge in [-0.05, 0) is 28.9 Å². The van der Waals surface area contributed by atoms with Crippen LogP contribution >= 0.6 is 12.2 Å². The molecule has 66 valence electrons. The van der Waals surface area contributed by atoms with E-state index in [1.165, 1.54) is 22.3 Å². The van der Waals surface area contributed by atoms with Crippen molar-refractivity contribution in [3.05, 3.63) is 59.2 Å². The van der Waals surface area contributed by atoms with Crippen LogP contribution in [0.4, 0.5) is 0 Å². The second-order valence-corrected chi connectivity index (χ2v) is 3.89. The van der Waals surface area contributed by atoms with Crippen molar-refractivity contribution in [2.45, 2.75) is 0 Å². The van der Waals surface area contributed by atoms with Crippen LogP contribution in [0, 0.1) is 0 Å². The van der Waals surface area contributed by atoms with Crippen LogP contribution in [-0.4, -0.2) is 4.86 Å². The summed E-state index contributed by atoms with van der Waals surface area (Å²) in [5, 5.41) is 0. The summed E-state index contributed by atoms with van der Waals surface area (Å²) in [6.45, 7) is 0. The maximum Gasteiger partial charge on any atom is 0.0455 e. The van der Waals surface area contributed by atoms with Crippen molar-refractivity contribution in [3.8, 4) is 0 Å². The fourth-order valence-corrected chi connectivity index (χ4v) is 2.20. The summed E-state index contributed by atoms with van der Waals surface area (Å²) < 4.78 is 0. The smallest absolute Gasteiger partial charge is 0.0455 e. The lowest BCUT2D eigenvalue weighted by Crippen LogP contribution is -1.98. The molecule has 0 fully saturated rings. The predicted molar refractivity (Wildman–Crippen MR) is 64.1 cm³/mol. The normalized spacial score (nSPS) is 17.3. The summed E-state index contributed by atoms with van der Waals surface area (Å²) in [5.41, 5.74) is 5.05. The standard InChI is InChI=1S/C13H8S/c14-13-7-3-6-11-10-5-2-1-4-9(10)8-12(11)13/h1-8H. The third-order valence-corrected chi connectivity index (χ3v) is 2.97. The summed E-state index contributed by atoms with van der Waals surface area (Å²) in [5.74, 6) is 0. The molecule has 0 aromatic heterocycles. The minimum atomic E-state index is 0.943. The molecule has 14 heavy (non-hydrogen) atoms. The second-order valence-electron chi connectivity index (χ2n) is 3.45. The lowest BCUT2D eigenvalue weighted by Gasteiger charge is -2.08. The van der Waals surface area contributed by atoms with Crippen molar-refractivity contribution < 1.29 is 0 Å². The fraction of sp³-hybridized carbons (Fsp3) is 0. The van der Waals surface area contributed by atoms with E-state index in [1.807, 2.05) is 12.2 Å². The van der Waals surface area contributed by atoms with E-state index in [9.17, 15) is 0 Å². The van der Waals surface area contributed by atoms with Gasteiger partial charge in [-0.15, -0.1) is 0 Å². The Morgan fingerprint density at radius 2 is 1.86 bits per heavy atom. The maximum atomic E-state index is 5.29. The van der Waals surface area contributed by atoms with Gasteiger partial charge in [-0.25, -0.2) is 0 Å². The largest absolute Gasteiger partial charge is 0.0794 e. The first kappa shape index (κ1) is 7.89. The van der Waals surface area contributed by atoms with Gasteiger partial charge < -0.3 is 0 Å². The molecule has 0 saturated heterocycles. The molecule has 0 N–H and O–H groups in total. The van der Waals surface area contributed by atoms with Gasteiger partial charge in [-0.3, -0.25) is 0 Å². The van der Waals surface area contributed by atoms with Gasteiger partial charge in [-0.1, -0.05) is 48.6 Å². The highest BCUT2D eigenvalue weighted by Crippen LogP contribution is 2.37. The van der Waals surface area contributed by atoms with E-state index < -0.39 is 0 Å². The highest BCUT2D eigenvalue weighted by atomic mass is 32.1. The molecule has 2 aliphatic rings. The molecule has 1 aromatic carbocycles. The maximum absolute atomic E-state index is 5.29. The highest BCUT2D eigenvalue weighted by Gasteiger charge is 2.21. The van der Waals surface area contributed by atoms with Gasteiger partial charge in [0.1, 0.15) is 0 Å². The molecule has 1 heteroatoms. The van der Waals surface area contributed by atoms with Crippen molar-refractivity contribution in [3.63, 3.8) is 0 Å². The van der Waals surface area contributed by atoms with E-state index in [4.69, 9.17) is 12.2 Å². The average molecular weight is 196 g/mol. The van der Waals surface area contributed by atoms with Gasteiger partial charge >= 0.3 is 0 Å². The van der Waals surface area contributed by atoms with Crippen LogP contribution in [0.3, 0.4) is 0 Å². The number of fused-ring (bicyclic) bond motifs is 3. The van der Waals surface area contributed by atoms with E-state index in [-0.39, 0.29) is 0 Å². The van der Waals surface area contributed by atoms with Crippen LogP contribution in [0.25, 0.3) is 11.6 Å². The van der Waals surface area contributed by atoms with Crippen molar-refractivity contribution in [2.24, 2.45) is 0 Å². The molecule has 1 aromatic rings. The van der Waals surface area contributed by atoms with Gasteiger partial charge in [-0.2, -0.15) is 0 Å². The number of benzene rings is 1. The number of thiocarbonyl (C=S) groups is 1. The van der Waals surface area contributed by atoms with Crippen LogP contribution < -0.4 is 0 Å². The van der Waals surface area contributed by atoms with Crippen LogP contribution in [0.5, 0.6) is 0 Å². The number of hydrogen-bond acceptors (Lipinski definition) is 1. The average Bonchev–Trinajstić information content (AvgIpc) is 2.59. The number of hydrogen-bond donors (Lipinski definition) is 0. The van der Waals surface area contributed by atoms with Crippen LogP contribution in [-0.2, 0) is 0 Å². The molecule has 0 radical (unpaired) electrons. The zero-order chi connectivity index (χ0) is 9.54. The topological polar surface area (TPSA) is 0 Å². The lowest BCUT2D eigenvalue weighted by atomic mass is 9.97. The minimum absolute atomic E-state index is 0.943. The Morgan fingerprint density at radius 1 is 1.00 bits per heavy atom. The first-order valence-corrected chi connectivity index (χ1v) is 5.01. The molecule has 0 aliphatic heterocycles. The van der Waals surface area contributed by atoms with E-state index >= 15 is 0 Å². The number of allylic oxidation sites excluding steroid dienone is 5. The van der Waals surface area contributed by atoms with Crippen molar-refractivity contribution in [1.82, 2.24) is 0 Å². The quantitative estimate of drug-likeness (QED) is 0.573. The summed E-state index contributed by atoms with van der Waals surface area (Å²) in [6.07, 6.45) is 8.31. The summed E-state index contributed by atoms with van der Waals surface area (Å²) in [7, 11) is 0. The van der Waals surface area contributed by atoms with Crippen molar-refractivity contribution in [2.75, 3.05) is 0 Å². The minimum Gasteiger partial charge on any atom is -0.0794 e. The van der Waals surface area contributed by atoms with Gasteiger partial charge in [0.25, 0.3) is 0 Å². The van der Waals surface area contributed by atoms with Crippen LogP contribution in [0.1, 0.15) is 11.1 Å². The van der Waals surface area contributed by atoms with Crippen molar-refractivity contribution >= 4 is 28.7 Å². The first-order chi connectivity index (χ1) is 6.86. The zero-order valence-corrected chi connectivity index (χ0v) is 8.34. The van der Waals surface area contributed by atoms with E-state index in [0.717, 1.165) is 4.86 Å². The predicted octanol–water partition coefficient (Wildman–Crippen LogP) is 3.41. The van der Waals surface area contributed by atoms with Gasteiger partial charge in [0.2, 0.25) is 0 Å². The zero-order valence-electron chi connectivity index (χ0n) is 7.53. The van der Waals surface area contributed by atoms with E-state index in [1.54, 1.807) is 0 Å². The molecule has 0 unspecified atom stereocenters. The Kier molecular flexibility index (Phi) is 1.55. The Hall–Kier alpha value is -1.47. The molecule has 0 heterocycles. The summed E-state index contributed by atoms with van der Waals surface area (Å²) >= 11 is 5.29. The van der Waals surface area contributed by atoms with Crippen LogP contribution in [0.15, 0.2) is 48.1 Å². The van der Waals surface area contributed by atoms with E-state index in [2.05, 4.69) is 36.4 Å². The fourth-order valence-electron chi connectivity index (χ4n) is 1.95.